The average Bonchev–Trinajstić information content (AvgIpc) is 4.04. The Balaban J connectivity index is 0.000000148. The van der Waals surface area contributed by atoms with Crippen LogP contribution in [0.2, 0.25) is 10.3 Å². The van der Waals surface area contributed by atoms with Crippen LogP contribution in [0.15, 0.2) is 86.0 Å². The zero-order chi connectivity index (χ0) is 46.4. The number of hydrogen-bond acceptors (Lipinski definition) is 18. The number of rotatable bonds is 7. The van der Waals surface area contributed by atoms with E-state index in [1.165, 1.54) is 25.9 Å². The largest absolute Gasteiger partial charge is 0.490 e. The Morgan fingerprint density at radius 1 is 0.731 bits per heavy atom. The summed E-state index contributed by atoms with van der Waals surface area (Å²) in [6.45, 7) is 3.43. The third-order valence-electron chi connectivity index (χ3n) is 13.2. The van der Waals surface area contributed by atoms with Crippen LogP contribution in [0.3, 0.4) is 0 Å². The first-order chi connectivity index (χ1) is 32.3. The number of halogens is 2. The molecule has 2 saturated carbocycles. The molecular weight excluding hydrogens is 907 g/mol. The second-order valence-electron chi connectivity index (χ2n) is 17.4. The summed E-state index contributed by atoms with van der Waals surface area (Å²) in [5.74, 6) is 1.60. The van der Waals surface area contributed by atoms with Crippen molar-refractivity contribution in [3.05, 3.63) is 96.3 Å². The van der Waals surface area contributed by atoms with Gasteiger partial charge in [-0.05, 0) is 48.5 Å². The maximum absolute atomic E-state index is 11.9. The lowest BCUT2D eigenvalue weighted by Gasteiger charge is -2.46. The van der Waals surface area contributed by atoms with E-state index in [0.717, 1.165) is 27.6 Å². The fourth-order valence-electron chi connectivity index (χ4n) is 9.77. The number of nitrogen functional groups attached to an aromatic ring is 2. The Hall–Kier alpha value is -6.55. The summed E-state index contributed by atoms with van der Waals surface area (Å²) in [5.41, 5.74) is 13.6. The van der Waals surface area contributed by atoms with Gasteiger partial charge in [-0.1, -0.05) is 30.1 Å². The maximum Gasteiger partial charge on any atom is 0.303 e. The number of esters is 1. The molecule has 2 saturated heterocycles. The van der Waals surface area contributed by atoms with Crippen LogP contribution in [-0.4, -0.2) is 107 Å². The minimum atomic E-state index is -1.16. The lowest BCUT2D eigenvalue weighted by Crippen LogP contribution is -2.57. The van der Waals surface area contributed by atoms with Crippen LogP contribution in [0.25, 0.3) is 44.1 Å². The number of fused-ring (bicyclic) bond motifs is 4. The van der Waals surface area contributed by atoms with Crippen molar-refractivity contribution >= 4 is 84.9 Å². The molecule has 2 spiro atoms. The Labute approximate surface area is 390 Å². The molecule has 0 radical (unpaired) electrons. The number of aliphatic hydroxyl groups excluding tert-OH is 2. The summed E-state index contributed by atoms with van der Waals surface area (Å²) in [5, 5.41) is 24.1. The van der Waals surface area contributed by atoms with Gasteiger partial charge in [0, 0.05) is 61.4 Å². The van der Waals surface area contributed by atoms with Crippen LogP contribution in [0, 0.1) is 5.92 Å². The fourth-order valence-corrected chi connectivity index (χ4v) is 10.1. The number of hydrogen-bond donors (Lipinski definition) is 4. The summed E-state index contributed by atoms with van der Waals surface area (Å²) < 4.78 is 34.1. The number of imidazole rings is 2. The molecule has 22 heteroatoms. The van der Waals surface area contributed by atoms with Crippen LogP contribution >= 0.6 is 23.2 Å². The number of nitrogens with zero attached hydrogens (tertiary/aromatic N) is 10. The zero-order valence-corrected chi connectivity index (χ0v) is 37.3. The monoisotopic (exact) mass is 948 g/mol. The summed E-state index contributed by atoms with van der Waals surface area (Å²) in [6.07, 6.45) is 3.47. The predicted molar refractivity (Wildman–Crippen MR) is 243 cm³/mol. The number of aromatic nitrogens is 10. The Morgan fingerprint density at radius 2 is 1.30 bits per heavy atom. The highest BCUT2D eigenvalue weighted by atomic mass is 35.5. The van der Waals surface area contributed by atoms with Crippen molar-refractivity contribution in [1.82, 2.24) is 49.0 Å². The van der Waals surface area contributed by atoms with Crippen molar-refractivity contribution in [2.24, 2.45) is 5.92 Å². The lowest BCUT2D eigenvalue weighted by molar-refractivity contribution is -0.182. The Bertz CT molecular complexity index is 3220. The van der Waals surface area contributed by atoms with Gasteiger partial charge in [0.2, 0.25) is 0 Å². The normalized spacial score (nSPS) is 28.7. The second-order valence-corrected chi connectivity index (χ2v) is 18.1. The molecule has 6 aromatic heterocycles. The minimum absolute atomic E-state index is 0.0536. The first-order valence-electron chi connectivity index (χ1n) is 21.5. The fraction of sp³-hybridized carbons (Fsp3) is 0.356. The molecule has 2 aliphatic heterocycles. The smallest absolute Gasteiger partial charge is 0.303 e. The van der Waals surface area contributed by atoms with E-state index in [1.807, 2.05) is 55.5 Å². The van der Waals surface area contributed by atoms with Gasteiger partial charge in [-0.15, -0.1) is 0 Å². The molecule has 0 bridgehead atoms. The van der Waals surface area contributed by atoms with E-state index in [4.69, 9.17) is 58.4 Å². The van der Waals surface area contributed by atoms with Crippen molar-refractivity contribution in [2.45, 2.75) is 93.7 Å². The van der Waals surface area contributed by atoms with E-state index in [1.54, 1.807) is 27.6 Å². The molecule has 12 rings (SSSR count). The predicted octanol–water partition coefficient (Wildman–Crippen LogP) is 5.53. The van der Waals surface area contributed by atoms with Crippen LogP contribution in [0.5, 0.6) is 11.5 Å². The van der Waals surface area contributed by atoms with E-state index in [9.17, 15) is 15.0 Å². The molecule has 8 heterocycles. The molecule has 6 N–H and O–H groups in total. The van der Waals surface area contributed by atoms with Gasteiger partial charge in [-0.25, -0.2) is 39.9 Å². The molecule has 0 amide bonds. The van der Waals surface area contributed by atoms with E-state index in [0.29, 0.717) is 64.7 Å². The van der Waals surface area contributed by atoms with E-state index in [2.05, 4.69) is 39.9 Å². The minimum Gasteiger partial charge on any atom is -0.490 e. The van der Waals surface area contributed by atoms with Crippen LogP contribution in [-0.2, 0) is 19.0 Å². The number of anilines is 2. The van der Waals surface area contributed by atoms with Crippen molar-refractivity contribution in [1.29, 1.82) is 0 Å². The van der Waals surface area contributed by atoms with Crippen LogP contribution < -0.4 is 20.9 Å². The molecule has 6 atom stereocenters. The number of benzene rings is 2. The summed E-state index contributed by atoms with van der Waals surface area (Å²) in [7, 11) is 0. The van der Waals surface area contributed by atoms with Gasteiger partial charge < -0.3 is 45.4 Å². The number of nitrogens with two attached hydrogens (primary N) is 2. The van der Waals surface area contributed by atoms with Gasteiger partial charge in [0.25, 0.3) is 0 Å². The number of carbonyl (C=O) groups excluding carboxylic acids is 1. The Kier molecular flexibility index (Phi) is 10.5. The lowest BCUT2D eigenvalue weighted by atomic mass is 9.69. The number of carbonyl (C=O) groups is 1. The van der Waals surface area contributed by atoms with Gasteiger partial charge >= 0.3 is 5.97 Å². The van der Waals surface area contributed by atoms with E-state index < -0.39 is 42.0 Å². The summed E-state index contributed by atoms with van der Waals surface area (Å²) >= 11 is 12.2. The molecular formula is C45H42Cl2N12O8. The molecule has 0 unspecified atom stereocenters. The zero-order valence-electron chi connectivity index (χ0n) is 35.8. The van der Waals surface area contributed by atoms with E-state index in [-0.39, 0.29) is 35.1 Å². The third-order valence-corrected chi connectivity index (χ3v) is 13.7. The standard InChI is InChI=1S/C24H21Cl2N5O4.C21H21N7O4/c1-12-20(33-13(2)32)23(31-11-29-19-21(26)27-10-28-22(19)31)35-24(12)8-16(9-24)34-15-5-3-14-4-6-18(25)30-17(14)7-15;22-14-4-2-10-1-3-11(5-13(10)27-14)31-12-6-21(7-12)17(30)16(29)20(32-21)28-9-26-15-18(23)24-8-25-19(15)28/h3-7,10-12,16,20,23H,8-9H2,1-2H3;1-5,8-9,12,16-17,20,29-30H,6-7H2,(H2,22,27)(H2,23,24,25)/t12-,16?,20+,23+,24?;12?,16-,17+,20-,21?/m01/s1. The topological polar surface area (TPSA) is 269 Å². The first kappa shape index (κ1) is 43.0. The van der Waals surface area contributed by atoms with Gasteiger partial charge in [0.1, 0.15) is 76.2 Å². The third kappa shape index (κ3) is 7.53. The number of ether oxygens (including phenoxy) is 5. The van der Waals surface area contributed by atoms with Crippen LogP contribution in [0.1, 0.15) is 52.0 Å². The molecule has 67 heavy (non-hydrogen) atoms. The van der Waals surface area contributed by atoms with Gasteiger partial charge in [0.15, 0.2) is 40.8 Å². The highest BCUT2D eigenvalue weighted by Crippen LogP contribution is 2.55. The maximum atomic E-state index is 11.9. The number of aliphatic hydroxyl groups is 2. The molecule has 344 valence electrons. The molecule has 2 aliphatic carbocycles. The molecule has 2 aromatic carbocycles. The first-order valence-corrected chi connectivity index (χ1v) is 22.2. The van der Waals surface area contributed by atoms with E-state index >= 15 is 0 Å². The van der Waals surface area contributed by atoms with Gasteiger partial charge in [-0.2, -0.15) is 0 Å². The second kappa shape index (κ2) is 16.4. The molecule has 4 fully saturated rings. The van der Waals surface area contributed by atoms with Crippen LogP contribution in [0.4, 0.5) is 11.6 Å². The van der Waals surface area contributed by atoms with Crippen molar-refractivity contribution in [3.8, 4) is 11.5 Å². The van der Waals surface area contributed by atoms with Gasteiger partial charge in [-0.3, -0.25) is 13.9 Å². The molecule has 20 nitrogen and oxygen atoms in total. The van der Waals surface area contributed by atoms with Crippen molar-refractivity contribution < 1.29 is 38.7 Å². The van der Waals surface area contributed by atoms with Crippen molar-refractivity contribution in [2.75, 3.05) is 11.5 Å². The molecule has 8 aromatic rings. The molecule has 4 aliphatic rings. The SMILES string of the molecule is CC(=O)O[C@H]1[C@H](n2cnc3c(Cl)ncnc32)OC2(CC(Oc3ccc4ccc(Cl)nc4c3)C2)[C@H]1C.Nc1ccc2ccc(OC3CC4(C3)O[C@@H](n3cnc5c(N)ncnc53)[C@H](O)[C@@H]4O)cc2n1. The average molecular weight is 950 g/mol. The highest BCUT2D eigenvalue weighted by Gasteiger charge is 2.63. The summed E-state index contributed by atoms with van der Waals surface area (Å²) in [4.78, 5) is 45.6. The van der Waals surface area contributed by atoms with Gasteiger partial charge in [0.05, 0.1) is 29.3 Å². The Morgan fingerprint density at radius 3 is 1.99 bits per heavy atom. The highest BCUT2D eigenvalue weighted by molar-refractivity contribution is 6.33. The van der Waals surface area contributed by atoms with Crippen molar-refractivity contribution in [3.63, 3.8) is 0 Å². The number of pyridine rings is 2. The quantitative estimate of drug-likeness (QED) is 0.0869. The summed E-state index contributed by atoms with van der Waals surface area (Å²) in [6, 6.07) is 18.7.